The number of hydrogen-bond acceptors (Lipinski definition) is 3. The van der Waals surface area contributed by atoms with Crippen LogP contribution in [-0.4, -0.2) is 25.2 Å². The SMILES string of the molecule is CC[C@H](Oc1ccc(F)cc1)C(=O)NCCOc1cccc2ccccc12. The topological polar surface area (TPSA) is 47.6 Å². The largest absolute Gasteiger partial charge is 0.491 e. The molecule has 1 amide bonds. The van der Waals surface area contributed by atoms with Crippen LogP contribution in [0.1, 0.15) is 13.3 Å². The quantitative estimate of drug-likeness (QED) is 0.603. The molecule has 0 aliphatic heterocycles. The Balaban J connectivity index is 1.50. The van der Waals surface area contributed by atoms with Crippen LogP contribution >= 0.6 is 0 Å². The molecular formula is C22H22FNO3. The summed E-state index contributed by atoms with van der Waals surface area (Å²) in [5, 5.41) is 4.97. The third kappa shape index (κ3) is 4.97. The second-order valence-corrected chi connectivity index (χ2v) is 6.09. The van der Waals surface area contributed by atoms with Crippen molar-refractivity contribution >= 4 is 16.7 Å². The minimum atomic E-state index is -0.631. The van der Waals surface area contributed by atoms with Crippen molar-refractivity contribution in [2.24, 2.45) is 0 Å². The predicted octanol–water partition coefficient (Wildman–Crippen LogP) is 4.33. The molecule has 1 atom stereocenters. The van der Waals surface area contributed by atoms with Crippen molar-refractivity contribution in [2.75, 3.05) is 13.2 Å². The van der Waals surface area contributed by atoms with E-state index in [0.29, 0.717) is 25.3 Å². The molecule has 0 bridgehead atoms. The summed E-state index contributed by atoms with van der Waals surface area (Å²) in [4.78, 5) is 12.3. The first-order valence-corrected chi connectivity index (χ1v) is 8.98. The maximum atomic E-state index is 13.0. The zero-order valence-electron chi connectivity index (χ0n) is 15.2. The number of nitrogens with one attached hydrogen (secondary N) is 1. The molecule has 0 saturated heterocycles. The molecule has 0 fully saturated rings. The molecule has 3 rings (SSSR count). The van der Waals surface area contributed by atoms with Crippen molar-refractivity contribution in [2.45, 2.75) is 19.4 Å². The first-order valence-electron chi connectivity index (χ1n) is 8.98. The van der Waals surface area contributed by atoms with Gasteiger partial charge in [0.15, 0.2) is 6.10 Å². The van der Waals surface area contributed by atoms with Gasteiger partial charge in [-0.05, 0) is 42.1 Å². The van der Waals surface area contributed by atoms with E-state index in [4.69, 9.17) is 9.47 Å². The molecule has 27 heavy (non-hydrogen) atoms. The van der Waals surface area contributed by atoms with Crippen molar-refractivity contribution in [1.29, 1.82) is 0 Å². The van der Waals surface area contributed by atoms with E-state index in [9.17, 15) is 9.18 Å². The summed E-state index contributed by atoms with van der Waals surface area (Å²) in [6.45, 7) is 2.58. The van der Waals surface area contributed by atoms with Gasteiger partial charge in [-0.25, -0.2) is 4.39 Å². The molecule has 0 aliphatic carbocycles. The minimum absolute atomic E-state index is 0.219. The lowest BCUT2D eigenvalue weighted by Gasteiger charge is -2.17. The van der Waals surface area contributed by atoms with Gasteiger partial charge in [-0.3, -0.25) is 4.79 Å². The number of carbonyl (C=O) groups excluding carboxylic acids is 1. The molecule has 4 nitrogen and oxygen atoms in total. The first kappa shape index (κ1) is 18.7. The summed E-state index contributed by atoms with van der Waals surface area (Å²) in [5.41, 5.74) is 0. The van der Waals surface area contributed by atoms with Gasteiger partial charge in [0.25, 0.3) is 5.91 Å². The van der Waals surface area contributed by atoms with Gasteiger partial charge in [0.2, 0.25) is 0 Å². The van der Waals surface area contributed by atoms with Crippen molar-refractivity contribution in [3.63, 3.8) is 0 Å². The summed E-state index contributed by atoms with van der Waals surface area (Å²) in [6.07, 6.45) is -0.124. The Labute approximate surface area is 157 Å². The lowest BCUT2D eigenvalue weighted by Crippen LogP contribution is -2.39. The maximum Gasteiger partial charge on any atom is 0.261 e. The molecule has 0 radical (unpaired) electrons. The number of hydrogen-bond donors (Lipinski definition) is 1. The van der Waals surface area contributed by atoms with Gasteiger partial charge in [-0.2, -0.15) is 0 Å². The number of rotatable bonds is 8. The van der Waals surface area contributed by atoms with E-state index >= 15 is 0 Å². The molecule has 0 saturated carbocycles. The van der Waals surface area contributed by atoms with Gasteiger partial charge >= 0.3 is 0 Å². The number of halogens is 1. The van der Waals surface area contributed by atoms with Crippen molar-refractivity contribution in [1.82, 2.24) is 5.32 Å². The second-order valence-electron chi connectivity index (χ2n) is 6.09. The summed E-state index contributed by atoms with van der Waals surface area (Å²) < 4.78 is 24.4. The summed E-state index contributed by atoms with van der Waals surface area (Å²) >= 11 is 0. The smallest absolute Gasteiger partial charge is 0.261 e. The Morgan fingerprint density at radius 1 is 1.04 bits per heavy atom. The average molecular weight is 367 g/mol. The minimum Gasteiger partial charge on any atom is -0.491 e. The molecular weight excluding hydrogens is 345 g/mol. The monoisotopic (exact) mass is 367 g/mol. The molecule has 0 unspecified atom stereocenters. The zero-order valence-corrected chi connectivity index (χ0v) is 15.2. The zero-order chi connectivity index (χ0) is 19.1. The number of benzene rings is 3. The Bertz CT molecular complexity index is 890. The van der Waals surface area contributed by atoms with Crippen LogP contribution in [0.3, 0.4) is 0 Å². The molecule has 1 N–H and O–H groups in total. The van der Waals surface area contributed by atoms with E-state index in [1.807, 2.05) is 49.4 Å². The molecule has 5 heteroatoms. The molecule has 140 valence electrons. The molecule has 0 aliphatic rings. The molecule has 0 aromatic heterocycles. The van der Waals surface area contributed by atoms with Gasteiger partial charge < -0.3 is 14.8 Å². The Kier molecular flexibility index (Phi) is 6.26. The Hall–Kier alpha value is -3.08. The van der Waals surface area contributed by atoms with E-state index in [1.54, 1.807) is 0 Å². The fraction of sp³-hybridized carbons (Fsp3) is 0.227. The lowest BCUT2D eigenvalue weighted by atomic mass is 10.1. The van der Waals surface area contributed by atoms with Crippen LogP contribution in [-0.2, 0) is 4.79 Å². The van der Waals surface area contributed by atoms with Crippen molar-refractivity contribution < 1.29 is 18.7 Å². The maximum absolute atomic E-state index is 13.0. The van der Waals surface area contributed by atoms with Crippen LogP contribution in [0.2, 0.25) is 0 Å². The van der Waals surface area contributed by atoms with Gasteiger partial charge in [-0.1, -0.05) is 43.3 Å². The first-order chi connectivity index (χ1) is 13.2. The van der Waals surface area contributed by atoms with Crippen LogP contribution in [0.25, 0.3) is 10.8 Å². The molecule has 0 heterocycles. The average Bonchev–Trinajstić information content (AvgIpc) is 2.70. The van der Waals surface area contributed by atoms with Gasteiger partial charge in [0.05, 0.1) is 6.54 Å². The van der Waals surface area contributed by atoms with E-state index in [-0.39, 0.29) is 11.7 Å². The van der Waals surface area contributed by atoms with E-state index < -0.39 is 6.10 Å². The Morgan fingerprint density at radius 2 is 1.78 bits per heavy atom. The molecule has 0 spiro atoms. The predicted molar refractivity (Wildman–Crippen MR) is 104 cm³/mol. The number of carbonyl (C=O) groups is 1. The van der Waals surface area contributed by atoms with Gasteiger partial charge in [-0.15, -0.1) is 0 Å². The van der Waals surface area contributed by atoms with Crippen LogP contribution < -0.4 is 14.8 Å². The third-order valence-electron chi connectivity index (χ3n) is 4.16. The highest BCUT2D eigenvalue weighted by molar-refractivity contribution is 5.88. The van der Waals surface area contributed by atoms with Crippen LogP contribution in [0.15, 0.2) is 66.7 Å². The highest BCUT2D eigenvalue weighted by atomic mass is 19.1. The number of ether oxygens (including phenoxy) is 2. The van der Waals surface area contributed by atoms with Crippen LogP contribution in [0.4, 0.5) is 4.39 Å². The van der Waals surface area contributed by atoms with Gasteiger partial charge in [0.1, 0.15) is 23.9 Å². The van der Waals surface area contributed by atoms with Gasteiger partial charge in [0, 0.05) is 5.39 Å². The fourth-order valence-corrected chi connectivity index (χ4v) is 2.77. The van der Waals surface area contributed by atoms with E-state index in [1.165, 1.54) is 24.3 Å². The van der Waals surface area contributed by atoms with E-state index in [0.717, 1.165) is 16.5 Å². The molecule has 3 aromatic carbocycles. The van der Waals surface area contributed by atoms with Crippen molar-refractivity contribution in [3.8, 4) is 11.5 Å². The summed E-state index contributed by atoms with van der Waals surface area (Å²) in [5.74, 6) is 0.691. The standard InChI is InChI=1S/C22H22FNO3/c1-2-20(27-18-12-10-17(23)11-13-18)22(25)24-14-15-26-21-9-5-7-16-6-3-4-8-19(16)21/h3-13,20H,2,14-15H2,1H3,(H,24,25)/t20-/m0/s1. The fourth-order valence-electron chi connectivity index (χ4n) is 2.77. The van der Waals surface area contributed by atoms with Crippen molar-refractivity contribution in [3.05, 3.63) is 72.5 Å². The third-order valence-corrected chi connectivity index (χ3v) is 4.16. The lowest BCUT2D eigenvalue weighted by molar-refractivity contribution is -0.128. The highest BCUT2D eigenvalue weighted by Gasteiger charge is 2.18. The van der Waals surface area contributed by atoms with Crippen LogP contribution in [0, 0.1) is 5.82 Å². The second kappa shape index (κ2) is 9.03. The van der Waals surface area contributed by atoms with Crippen LogP contribution in [0.5, 0.6) is 11.5 Å². The number of fused-ring (bicyclic) bond motifs is 1. The number of amides is 1. The highest BCUT2D eigenvalue weighted by Crippen LogP contribution is 2.24. The molecule has 3 aromatic rings. The summed E-state index contributed by atoms with van der Waals surface area (Å²) in [6, 6.07) is 19.5. The summed E-state index contributed by atoms with van der Waals surface area (Å²) in [7, 11) is 0. The normalized spacial score (nSPS) is 11.8. The van der Waals surface area contributed by atoms with E-state index in [2.05, 4.69) is 5.32 Å². The Morgan fingerprint density at radius 3 is 2.56 bits per heavy atom.